The van der Waals surface area contributed by atoms with Crippen LogP contribution in [0.25, 0.3) is 11.3 Å². The number of nitrogen functional groups attached to an aromatic ring is 1. The van der Waals surface area contributed by atoms with E-state index in [0.29, 0.717) is 11.3 Å². The maximum absolute atomic E-state index is 9.52. The molecule has 0 unspecified atom stereocenters. The predicted molar refractivity (Wildman–Crippen MR) is 57.8 cm³/mol. The van der Waals surface area contributed by atoms with Gasteiger partial charge in [0.15, 0.2) is 11.6 Å². The first-order valence-corrected chi connectivity index (χ1v) is 4.67. The number of phenols is 1. The Morgan fingerprint density at radius 2 is 2.13 bits per heavy atom. The van der Waals surface area contributed by atoms with Crippen LogP contribution in [0.2, 0.25) is 5.02 Å². The van der Waals surface area contributed by atoms with Crippen molar-refractivity contribution < 1.29 is 9.63 Å². The molecule has 2 aromatic rings. The second-order valence-electron chi connectivity index (χ2n) is 3.26. The molecule has 1 aromatic carbocycles. The van der Waals surface area contributed by atoms with E-state index in [9.17, 15) is 5.11 Å². The van der Waals surface area contributed by atoms with Gasteiger partial charge in [0.05, 0.1) is 5.02 Å². The van der Waals surface area contributed by atoms with Gasteiger partial charge in [0.1, 0.15) is 5.75 Å². The Balaban J connectivity index is 2.62. The fourth-order valence-corrected chi connectivity index (χ4v) is 1.55. The van der Waals surface area contributed by atoms with Crippen molar-refractivity contribution in [3.63, 3.8) is 0 Å². The number of aromatic hydroxyl groups is 1. The molecule has 1 aromatic heterocycles. The van der Waals surface area contributed by atoms with Crippen LogP contribution in [0.5, 0.6) is 5.75 Å². The molecule has 1 heterocycles. The Kier molecular flexibility index (Phi) is 2.28. The monoisotopic (exact) mass is 224 g/mol. The molecule has 0 aliphatic rings. The summed E-state index contributed by atoms with van der Waals surface area (Å²) in [7, 11) is 0. The number of hydrogen-bond acceptors (Lipinski definition) is 4. The lowest BCUT2D eigenvalue weighted by atomic mass is 10.1. The zero-order valence-corrected chi connectivity index (χ0v) is 8.75. The largest absolute Gasteiger partial charge is 0.506 e. The molecule has 0 amide bonds. The predicted octanol–water partition coefficient (Wildman–Crippen LogP) is 2.59. The van der Waals surface area contributed by atoms with Crippen LogP contribution in [0.15, 0.2) is 22.7 Å². The van der Waals surface area contributed by atoms with Crippen LogP contribution in [0, 0.1) is 6.92 Å². The first-order chi connectivity index (χ1) is 7.08. The molecule has 5 heteroatoms. The maximum Gasteiger partial charge on any atom is 0.170 e. The number of halogens is 1. The van der Waals surface area contributed by atoms with Gasteiger partial charge in [0, 0.05) is 11.6 Å². The van der Waals surface area contributed by atoms with Gasteiger partial charge in [-0.1, -0.05) is 16.8 Å². The van der Waals surface area contributed by atoms with Gasteiger partial charge in [-0.15, -0.1) is 0 Å². The first kappa shape index (κ1) is 9.86. The molecule has 0 saturated heterocycles. The van der Waals surface area contributed by atoms with Crippen molar-refractivity contribution in [2.24, 2.45) is 0 Å². The van der Waals surface area contributed by atoms with Crippen LogP contribution in [-0.4, -0.2) is 10.3 Å². The number of anilines is 1. The van der Waals surface area contributed by atoms with E-state index < -0.39 is 0 Å². The molecule has 0 aliphatic carbocycles. The van der Waals surface area contributed by atoms with E-state index in [0.717, 1.165) is 5.56 Å². The highest BCUT2D eigenvalue weighted by atomic mass is 35.5. The summed E-state index contributed by atoms with van der Waals surface area (Å²) < 4.78 is 4.97. The molecule has 0 spiro atoms. The molecule has 2 rings (SSSR count). The van der Waals surface area contributed by atoms with Gasteiger partial charge < -0.3 is 15.4 Å². The maximum atomic E-state index is 9.52. The summed E-state index contributed by atoms with van der Waals surface area (Å²) >= 11 is 5.93. The fourth-order valence-electron chi connectivity index (χ4n) is 1.34. The highest BCUT2D eigenvalue weighted by molar-refractivity contribution is 6.34. The van der Waals surface area contributed by atoms with Crippen molar-refractivity contribution in [1.82, 2.24) is 5.16 Å². The number of aryl methyl sites for hydroxylation is 1. The van der Waals surface area contributed by atoms with Crippen molar-refractivity contribution in [2.75, 3.05) is 5.73 Å². The molecule has 0 bridgehead atoms. The van der Waals surface area contributed by atoms with Crippen LogP contribution in [0.3, 0.4) is 0 Å². The Morgan fingerprint density at radius 3 is 2.73 bits per heavy atom. The van der Waals surface area contributed by atoms with Crippen molar-refractivity contribution >= 4 is 17.4 Å². The van der Waals surface area contributed by atoms with E-state index in [1.165, 1.54) is 0 Å². The second-order valence-corrected chi connectivity index (χ2v) is 3.64. The van der Waals surface area contributed by atoms with Crippen LogP contribution in [-0.2, 0) is 0 Å². The SMILES string of the molecule is Cc1cc(O)c(Cl)c(-c2cc(N)no2)c1. The molecule has 3 N–H and O–H groups in total. The number of nitrogens with two attached hydrogens (primary N) is 1. The van der Waals surface area contributed by atoms with Crippen molar-refractivity contribution in [3.05, 3.63) is 28.8 Å². The van der Waals surface area contributed by atoms with E-state index in [1.807, 2.05) is 6.92 Å². The molecule has 0 fully saturated rings. The summed E-state index contributed by atoms with van der Waals surface area (Å²) in [6, 6.07) is 4.92. The molecule has 0 saturated carbocycles. The lowest BCUT2D eigenvalue weighted by Crippen LogP contribution is -1.82. The number of hydrogen-bond donors (Lipinski definition) is 2. The van der Waals surface area contributed by atoms with Gasteiger partial charge in [0.2, 0.25) is 0 Å². The van der Waals surface area contributed by atoms with Gasteiger partial charge in [-0.2, -0.15) is 0 Å². The fraction of sp³-hybridized carbons (Fsp3) is 0.100. The standard InChI is InChI=1S/C10H9ClN2O2/c1-5-2-6(10(11)7(14)3-5)8-4-9(12)13-15-8/h2-4,14H,1H3,(H2,12,13). The van der Waals surface area contributed by atoms with E-state index in [1.54, 1.807) is 18.2 Å². The van der Waals surface area contributed by atoms with Gasteiger partial charge in [-0.3, -0.25) is 0 Å². The zero-order chi connectivity index (χ0) is 11.0. The third-order valence-corrected chi connectivity index (χ3v) is 2.39. The number of aromatic nitrogens is 1. The van der Waals surface area contributed by atoms with Crippen LogP contribution < -0.4 is 5.73 Å². The summed E-state index contributed by atoms with van der Waals surface area (Å²) in [6.07, 6.45) is 0. The molecule has 0 radical (unpaired) electrons. The third-order valence-electron chi connectivity index (χ3n) is 1.99. The van der Waals surface area contributed by atoms with Crippen LogP contribution in [0.4, 0.5) is 5.82 Å². The lowest BCUT2D eigenvalue weighted by molar-refractivity contribution is 0.435. The first-order valence-electron chi connectivity index (χ1n) is 4.29. The van der Waals surface area contributed by atoms with Crippen molar-refractivity contribution in [2.45, 2.75) is 6.92 Å². The minimum atomic E-state index is 0.0154. The molecule has 0 atom stereocenters. The average Bonchev–Trinajstić information content (AvgIpc) is 2.58. The molecular formula is C10H9ClN2O2. The molecule has 0 aliphatic heterocycles. The minimum Gasteiger partial charge on any atom is -0.506 e. The van der Waals surface area contributed by atoms with E-state index >= 15 is 0 Å². The Bertz CT molecular complexity index is 508. The van der Waals surface area contributed by atoms with Crippen molar-refractivity contribution in [1.29, 1.82) is 0 Å². The quantitative estimate of drug-likeness (QED) is 0.781. The van der Waals surface area contributed by atoms with E-state index in [2.05, 4.69) is 5.16 Å². The third kappa shape index (κ3) is 1.76. The highest BCUT2D eigenvalue weighted by Crippen LogP contribution is 2.36. The average molecular weight is 225 g/mol. The Hall–Kier alpha value is -1.68. The second kappa shape index (κ2) is 3.47. The van der Waals surface area contributed by atoms with E-state index in [4.69, 9.17) is 21.9 Å². The van der Waals surface area contributed by atoms with Gasteiger partial charge in [0.25, 0.3) is 0 Å². The summed E-state index contributed by atoms with van der Waals surface area (Å²) in [5, 5.41) is 13.3. The highest BCUT2D eigenvalue weighted by Gasteiger charge is 2.12. The van der Waals surface area contributed by atoms with Crippen LogP contribution >= 0.6 is 11.6 Å². The molecule has 4 nitrogen and oxygen atoms in total. The number of phenolic OH excluding ortho intramolecular Hbond substituents is 1. The number of benzene rings is 1. The zero-order valence-electron chi connectivity index (χ0n) is 7.99. The summed E-state index contributed by atoms with van der Waals surface area (Å²) in [4.78, 5) is 0. The number of nitrogens with zero attached hydrogens (tertiary/aromatic N) is 1. The number of rotatable bonds is 1. The normalized spacial score (nSPS) is 10.5. The smallest absolute Gasteiger partial charge is 0.170 e. The van der Waals surface area contributed by atoms with Crippen molar-refractivity contribution in [3.8, 4) is 17.1 Å². The lowest BCUT2D eigenvalue weighted by Gasteiger charge is -2.03. The Morgan fingerprint density at radius 1 is 1.40 bits per heavy atom. The summed E-state index contributed by atoms with van der Waals surface area (Å²) in [6.45, 7) is 1.85. The van der Waals surface area contributed by atoms with E-state index in [-0.39, 0.29) is 16.6 Å². The molecule has 15 heavy (non-hydrogen) atoms. The summed E-state index contributed by atoms with van der Waals surface area (Å²) in [5.74, 6) is 0.736. The Labute approximate surface area is 91.3 Å². The summed E-state index contributed by atoms with van der Waals surface area (Å²) in [5.41, 5.74) is 6.89. The minimum absolute atomic E-state index is 0.0154. The van der Waals surface area contributed by atoms with Crippen LogP contribution in [0.1, 0.15) is 5.56 Å². The van der Waals surface area contributed by atoms with Gasteiger partial charge >= 0.3 is 0 Å². The molecule has 78 valence electrons. The van der Waals surface area contributed by atoms with Gasteiger partial charge in [-0.25, -0.2) is 0 Å². The molecular weight excluding hydrogens is 216 g/mol. The van der Waals surface area contributed by atoms with Gasteiger partial charge in [-0.05, 0) is 24.6 Å². The topological polar surface area (TPSA) is 72.3 Å².